The van der Waals surface area contributed by atoms with Crippen molar-refractivity contribution in [2.45, 2.75) is 90.4 Å². The van der Waals surface area contributed by atoms with E-state index in [1.54, 1.807) is 0 Å². The van der Waals surface area contributed by atoms with E-state index in [2.05, 4.69) is 31.2 Å². The molecular formula is C21H38O3. The fourth-order valence-electron chi connectivity index (χ4n) is 2.68. The van der Waals surface area contributed by atoms with Crippen LogP contribution in [0.5, 0.6) is 0 Å². The lowest BCUT2D eigenvalue weighted by Gasteiger charge is -2.08. The topological polar surface area (TPSA) is 57.5 Å². The van der Waals surface area contributed by atoms with Crippen LogP contribution in [0, 0.1) is 5.92 Å². The highest BCUT2D eigenvalue weighted by Crippen LogP contribution is 2.15. The number of carbonyl (C=O) groups is 1. The molecule has 3 nitrogen and oxygen atoms in total. The molecule has 0 amide bonds. The SMILES string of the molecule is CC(CCCCC/C=C/C/C=C/CCCCCCO)CCC(=O)O. The van der Waals surface area contributed by atoms with Crippen molar-refractivity contribution < 1.29 is 15.0 Å². The number of carboxylic acids is 1. The Labute approximate surface area is 148 Å². The fourth-order valence-corrected chi connectivity index (χ4v) is 2.68. The van der Waals surface area contributed by atoms with Crippen LogP contribution < -0.4 is 0 Å². The summed E-state index contributed by atoms with van der Waals surface area (Å²) >= 11 is 0. The zero-order valence-corrected chi connectivity index (χ0v) is 15.6. The van der Waals surface area contributed by atoms with Gasteiger partial charge in [-0.25, -0.2) is 0 Å². The van der Waals surface area contributed by atoms with Crippen LogP contribution in [0.25, 0.3) is 0 Å². The minimum Gasteiger partial charge on any atom is -0.481 e. The number of aliphatic hydroxyl groups excluding tert-OH is 1. The van der Waals surface area contributed by atoms with Gasteiger partial charge in [0.2, 0.25) is 0 Å². The Morgan fingerprint density at radius 2 is 1.42 bits per heavy atom. The summed E-state index contributed by atoms with van der Waals surface area (Å²) in [4.78, 5) is 10.5. The summed E-state index contributed by atoms with van der Waals surface area (Å²) in [5, 5.41) is 17.3. The van der Waals surface area contributed by atoms with Crippen LogP contribution in [0.3, 0.4) is 0 Å². The van der Waals surface area contributed by atoms with E-state index in [0.717, 1.165) is 44.9 Å². The minimum absolute atomic E-state index is 0.306. The molecule has 0 radical (unpaired) electrons. The molecule has 2 N–H and O–H groups in total. The highest BCUT2D eigenvalue weighted by atomic mass is 16.4. The van der Waals surface area contributed by atoms with Gasteiger partial charge in [0.25, 0.3) is 0 Å². The number of aliphatic hydroxyl groups is 1. The molecular weight excluding hydrogens is 300 g/mol. The van der Waals surface area contributed by atoms with Gasteiger partial charge in [0.05, 0.1) is 0 Å². The van der Waals surface area contributed by atoms with Crippen molar-refractivity contribution in [3.05, 3.63) is 24.3 Å². The molecule has 0 aromatic carbocycles. The van der Waals surface area contributed by atoms with E-state index in [1.807, 2.05) is 0 Å². The average molecular weight is 339 g/mol. The number of carboxylic acid groups (broad SMARTS) is 1. The summed E-state index contributed by atoms with van der Waals surface area (Å²) in [7, 11) is 0. The molecule has 0 aliphatic rings. The first-order chi connectivity index (χ1) is 11.7. The maximum absolute atomic E-state index is 10.5. The summed E-state index contributed by atoms with van der Waals surface area (Å²) < 4.78 is 0. The molecule has 0 saturated heterocycles. The second-order valence-corrected chi connectivity index (χ2v) is 6.78. The van der Waals surface area contributed by atoms with Gasteiger partial charge in [-0.3, -0.25) is 4.79 Å². The Kier molecular flexibility index (Phi) is 17.4. The smallest absolute Gasteiger partial charge is 0.303 e. The molecule has 0 spiro atoms. The maximum Gasteiger partial charge on any atom is 0.303 e. The van der Waals surface area contributed by atoms with Crippen LogP contribution in [0.4, 0.5) is 0 Å². The average Bonchev–Trinajstić information content (AvgIpc) is 2.56. The lowest BCUT2D eigenvalue weighted by atomic mass is 9.98. The number of allylic oxidation sites excluding steroid dienone is 4. The third-order valence-electron chi connectivity index (χ3n) is 4.30. The number of hydrogen-bond acceptors (Lipinski definition) is 2. The number of unbranched alkanes of at least 4 members (excludes halogenated alkanes) is 7. The van der Waals surface area contributed by atoms with Crippen molar-refractivity contribution in [2.75, 3.05) is 6.61 Å². The Morgan fingerprint density at radius 3 is 2.00 bits per heavy atom. The Morgan fingerprint density at radius 1 is 0.833 bits per heavy atom. The van der Waals surface area contributed by atoms with E-state index in [9.17, 15) is 4.79 Å². The van der Waals surface area contributed by atoms with Crippen molar-refractivity contribution in [1.82, 2.24) is 0 Å². The lowest BCUT2D eigenvalue weighted by Crippen LogP contribution is -2.01. The van der Waals surface area contributed by atoms with Crippen molar-refractivity contribution >= 4 is 5.97 Å². The quantitative estimate of drug-likeness (QED) is 0.257. The maximum atomic E-state index is 10.5. The van der Waals surface area contributed by atoms with Gasteiger partial charge in [-0.1, -0.05) is 63.3 Å². The highest BCUT2D eigenvalue weighted by Gasteiger charge is 2.04. The first-order valence-corrected chi connectivity index (χ1v) is 9.79. The van der Waals surface area contributed by atoms with Gasteiger partial charge in [0, 0.05) is 13.0 Å². The van der Waals surface area contributed by atoms with E-state index in [-0.39, 0.29) is 0 Å². The second kappa shape index (κ2) is 18.3. The molecule has 0 aromatic heterocycles. The van der Waals surface area contributed by atoms with Gasteiger partial charge in [0.1, 0.15) is 0 Å². The summed E-state index contributed by atoms with van der Waals surface area (Å²) in [6.45, 7) is 2.48. The van der Waals surface area contributed by atoms with Crippen molar-refractivity contribution in [3.63, 3.8) is 0 Å². The first kappa shape index (κ1) is 22.9. The standard InChI is InChI=1S/C21H38O3/c1-20(17-18-21(23)24)16-14-12-10-8-6-4-2-3-5-7-9-11-13-15-19-22/h3-6,20,22H,2,7-19H2,1H3,(H,23,24)/b5-3+,6-4+. The Hall–Kier alpha value is -1.09. The summed E-state index contributed by atoms with van der Waals surface area (Å²) in [5.41, 5.74) is 0. The van der Waals surface area contributed by atoms with Gasteiger partial charge >= 0.3 is 5.97 Å². The molecule has 0 aliphatic heterocycles. The summed E-state index contributed by atoms with van der Waals surface area (Å²) in [5.74, 6) is -0.145. The van der Waals surface area contributed by atoms with Crippen molar-refractivity contribution in [3.8, 4) is 0 Å². The molecule has 1 unspecified atom stereocenters. The monoisotopic (exact) mass is 338 g/mol. The lowest BCUT2D eigenvalue weighted by molar-refractivity contribution is -0.137. The van der Waals surface area contributed by atoms with Gasteiger partial charge < -0.3 is 10.2 Å². The van der Waals surface area contributed by atoms with Crippen LogP contribution in [0.2, 0.25) is 0 Å². The normalized spacial score (nSPS) is 13.1. The molecule has 0 bridgehead atoms. The fraction of sp³-hybridized carbons (Fsp3) is 0.762. The predicted molar refractivity (Wildman–Crippen MR) is 102 cm³/mol. The second-order valence-electron chi connectivity index (χ2n) is 6.78. The highest BCUT2D eigenvalue weighted by molar-refractivity contribution is 5.66. The van der Waals surface area contributed by atoms with Gasteiger partial charge in [-0.2, -0.15) is 0 Å². The third-order valence-corrected chi connectivity index (χ3v) is 4.30. The molecule has 0 aliphatic carbocycles. The van der Waals surface area contributed by atoms with Crippen molar-refractivity contribution in [2.24, 2.45) is 5.92 Å². The predicted octanol–water partition coefficient (Wildman–Crippen LogP) is 5.88. The Balaban J connectivity index is 3.30. The van der Waals surface area contributed by atoms with E-state index in [4.69, 9.17) is 10.2 Å². The molecule has 0 fully saturated rings. The van der Waals surface area contributed by atoms with Crippen LogP contribution in [-0.4, -0.2) is 22.8 Å². The van der Waals surface area contributed by atoms with Crippen molar-refractivity contribution in [1.29, 1.82) is 0 Å². The van der Waals surface area contributed by atoms with Crippen LogP contribution >= 0.6 is 0 Å². The molecule has 140 valence electrons. The molecule has 24 heavy (non-hydrogen) atoms. The van der Waals surface area contributed by atoms with E-state index in [1.165, 1.54) is 32.1 Å². The molecule has 0 rings (SSSR count). The van der Waals surface area contributed by atoms with Crippen LogP contribution in [-0.2, 0) is 4.79 Å². The van der Waals surface area contributed by atoms with Gasteiger partial charge in [-0.05, 0) is 50.9 Å². The zero-order chi connectivity index (χ0) is 17.9. The van der Waals surface area contributed by atoms with E-state index in [0.29, 0.717) is 18.9 Å². The summed E-state index contributed by atoms with van der Waals surface area (Å²) in [6, 6.07) is 0. The van der Waals surface area contributed by atoms with Gasteiger partial charge in [-0.15, -0.1) is 0 Å². The molecule has 0 heterocycles. The molecule has 0 saturated carbocycles. The minimum atomic E-state index is -0.678. The van der Waals surface area contributed by atoms with E-state index >= 15 is 0 Å². The number of rotatable bonds is 17. The Bertz CT molecular complexity index is 334. The molecule has 3 heteroatoms. The summed E-state index contributed by atoms with van der Waals surface area (Å²) in [6.07, 6.45) is 22.8. The third kappa shape index (κ3) is 19.0. The number of hydrogen-bond donors (Lipinski definition) is 2. The largest absolute Gasteiger partial charge is 0.481 e. The number of aliphatic carboxylic acids is 1. The first-order valence-electron chi connectivity index (χ1n) is 9.79. The van der Waals surface area contributed by atoms with Crippen LogP contribution in [0.15, 0.2) is 24.3 Å². The molecule has 1 atom stereocenters. The van der Waals surface area contributed by atoms with Crippen LogP contribution in [0.1, 0.15) is 90.4 Å². The van der Waals surface area contributed by atoms with E-state index < -0.39 is 5.97 Å². The molecule has 0 aromatic rings. The zero-order valence-electron chi connectivity index (χ0n) is 15.6. The van der Waals surface area contributed by atoms with Gasteiger partial charge in [0.15, 0.2) is 0 Å².